The van der Waals surface area contributed by atoms with Gasteiger partial charge in [-0.3, -0.25) is 4.79 Å². The van der Waals surface area contributed by atoms with Gasteiger partial charge in [0.05, 0.1) is 13.1 Å². The summed E-state index contributed by atoms with van der Waals surface area (Å²) in [5.74, 6) is -3.10. The van der Waals surface area contributed by atoms with Crippen LogP contribution in [0.5, 0.6) is 0 Å². The van der Waals surface area contributed by atoms with E-state index in [-0.39, 0.29) is 11.8 Å². The fraction of sp³-hybridized carbons (Fsp3) is 0.533. The lowest BCUT2D eigenvalue weighted by atomic mass is 9.82. The number of amides is 1. The zero-order valence-corrected chi connectivity index (χ0v) is 11.4. The van der Waals surface area contributed by atoms with Gasteiger partial charge in [0.25, 0.3) is 5.92 Å². The fourth-order valence-corrected chi connectivity index (χ4v) is 2.58. The number of fused-ring (bicyclic) bond motifs is 1. The zero-order valence-electron chi connectivity index (χ0n) is 11.4. The van der Waals surface area contributed by atoms with E-state index in [1.807, 2.05) is 12.1 Å². The first-order valence-electron chi connectivity index (χ1n) is 6.91. The van der Waals surface area contributed by atoms with Crippen LogP contribution in [0.4, 0.5) is 8.78 Å². The molecule has 0 fully saturated rings. The van der Waals surface area contributed by atoms with E-state index in [9.17, 15) is 13.6 Å². The van der Waals surface area contributed by atoms with E-state index in [0.717, 1.165) is 19.3 Å². The summed E-state index contributed by atoms with van der Waals surface area (Å²) in [4.78, 5) is 11.7. The largest absolute Gasteiger partial charge is 0.350 e. The first-order chi connectivity index (χ1) is 9.50. The van der Waals surface area contributed by atoms with Gasteiger partial charge in [-0.25, -0.2) is 8.78 Å². The van der Waals surface area contributed by atoms with Crippen LogP contribution in [0, 0.1) is 5.92 Å². The summed E-state index contributed by atoms with van der Waals surface area (Å²) in [6, 6.07) is 8.18. The second kappa shape index (κ2) is 6.31. The number of nitrogens with two attached hydrogens (primary N) is 1. The molecule has 1 atom stereocenters. The van der Waals surface area contributed by atoms with Crippen LogP contribution in [0.25, 0.3) is 0 Å². The molecule has 0 heterocycles. The minimum atomic E-state index is -3.02. The average Bonchev–Trinajstić information content (AvgIpc) is 2.45. The van der Waals surface area contributed by atoms with Gasteiger partial charge >= 0.3 is 0 Å². The molecule has 3 nitrogen and oxygen atoms in total. The SMILES string of the molecule is NCC(F)(F)CNC(=O)CC1CCc2ccccc2C1. The lowest BCUT2D eigenvalue weighted by molar-refractivity contribution is -0.123. The Balaban J connectivity index is 1.82. The van der Waals surface area contributed by atoms with E-state index in [4.69, 9.17) is 5.73 Å². The van der Waals surface area contributed by atoms with Gasteiger partial charge in [-0.1, -0.05) is 24.3 Å². The number of halogens is 2. The van der Waals surface area contributed by atoms with Crippen molar-refractivity contribution in [2.24, 2.45) is 11.7 Å². The van der Waals surface area contributed by atoms with Gasteiger partial charge in [0.2, 0.25) is 5.91 Å². The number of rotatable bonds is 5. The average molecular weight is 282 g/mol. The smallest absolute Gasteiger partial charge is 0.277 e. The van der Waals surface area contributed by atoms with Crippen molar-refractivity contribution in [1.82, 2.24) is 5.32 Å². The monoisotopic (exact) mass is 282 g/mol. The molecule has 0 saturated carbocycles. The number of alkyl halides is 2. The van der Waals surface area contributed by atoms with E-state index >= 15 is 0 Å². The molecule has 1 aliphatic rings. The first kappa shape index (κ1) is 14.9. The number of benzene rings is 1. The van der Waals surface area contributed by atoms with E-state index in [1.165, 1.54) is 11.1 Å². The first-order valence-corrected chi connectivity index (χ1v) is 6.91. The van der Waals surface area contributed by atoms with Crippen molar-refractivity contribution in [3.63, 3.8) is 0 Å². The zero-order chi connectivity index (χ0) is 14.6. The van der Waals surface area contributed by atoms with Gasteiger partial charge in [0, 0.05) is 6.42 Å². The quantitative estimate of drug-likeness (QED) is 0.866. The predicted octanol–water partition coefficient (Wildman–Crippen LogP) is 1.89. The van der Waals surface area contributed by atoms with Crippen LogP contribution in [-0.4, -0.2) is 24.9 Å². The third-order valence-electron chi connectivity index (χ3n) is 3.77. The molecule has 0 aromatic heterocycles. The van der Waals surface area contributed by atoms with Crippen LogP contribution in [-0.2, 0) is 17.6 Å². The number of nitrogens with one attached hydrogen (secondary N) is 1. The lowest BCUT2D eigenvalue weighted by Gasteiger charge is -2.24. The Morgan fingerprint density at radius 3 is 2.75 bits per heavy atom. The van der Waals surface area contributed by atoms with Crippen molar-refractivity contribution < 1.29 is 13.6 Å². The fourth-order valence-electron chi connectivity index (χ4n) is 2.58. The number of carbonyl (C=O) groups excluding carboxylic acids is 1. The Morgan fingerprint density at radius 1 is 1.35 bits per heavy atom. The van der Waals surface area contributed by atoms with Crippen molar-refractivity contribution in [2.75, 3.05) is 13.1 Å². The number of hydrogen-bond acceptors (Lipinski definition) is 2. The number of carbonyl (C=O) groups is 1. The van der Waals surface area contributed by atoms with Gasteiger partial charge in [-0.15, -0.1) is 0 Å². The molecule has 0 aliphatic heterocycles. The van der Waals surface area contributed by atoms with Crippen molar-refractivity contribution in [3.8, 4) is 0 Å². The molecule has 0 radical (unpaired) electrons. The van der Waals surface area contributed by atoms with E-state index in [2.05, 4.69) is 17.4 Å². The molecule has 2 rings (SSSR count). The third kappa shape index (κ3) is 4.00. The van der Waals surface area contributed by atoms with E-state index in [1.54, 1.807) is 0 Å². The molecule has 1 aromatic rings. The van der Waals surface area contributed by atoms with Gasteiger partial charge in [-0.05, 0) is 36.3 Å². The summed E-state index contributed by atoms with van der Waals surface area (Å²) in [5, 5.41) is 2.28. The van der Waals surface area contributed by atoms with Crippen LogP contribution < -0.4 is 11.1 Å². The minimum absolute atomic E-state index is 0.233. The summed E-state index contributed by atoms with van der Waals surface area (Å²) in [6.45, 7) is -1.42. The lowest BCUT2D eigenvalue weighted by Crippen LogP contribution is -2.42. The molecular formula is C15H20F2N2O. The van der Waals surface area contributed by atoms with Gasteiger partial charge in [-0.2, -0.15) is 0 Å². The molecule has 110 valence electrons. The van der Waals surface area contributed by atoms with Crippen molar-refractivity contribution in [1.29, 1.82) is 0 Å². The second-order valence-electron chi connectivity index (χ2n) is 5.42. The molecule has 1 unspecified atom stereocenters. The Hall–Kier alpha value is -1.49. The Kier molecular flexibility index (Phi) is 4.70. The Bertz CT molecular complexity index is 477. The highest BCUT2D eigenvalue weighted by Crippen LogP contribution is 2.27. The highest BCUT2D eigenvalue weighted by atomic mass is 19.3. The van der Waals surface area contributed by atoms with Gasteiger partial charge < -0.3 is 11.1 Å². The minimum Gasteiger partial charge on any atom is -0.350 e. The normalized spacial score (nSPS) is 18.4. The van der Waals surface area contributed by atoms with Crippen molar-refractivity contribution in [3.05, 3.63) is 35.4 Å². The maximum atomic E-state index is 12.9. The topological polar surface area (TPSA) is 55.1 Å². The second-order valence-corrected chi connectivity index (χ2v) is 5.42. The van der Waals surface area contributed by atoms with Gasteiger partial charge in [0.15, 0.2) is 0 Å². The molecule has 0 spiro atoms. The molecule has 0 saturated heterocycles. The van der Waals surface area contributed by atoms with Crippen molar-refractivity contribution >= 4 is 5.91 Å². The van der Waals surface area contributed by atoms with Crippen LogP contribution in [0.2, 0.25) is 0 Å². The highest BCUT2D eigenvalue weighted by molar-refractivity contribution is 5.76. The van der Waals surface area contributed by atoms with Crippen LogP contribution in [0.1, 0.15) is 24.0 Å². The Morgan fingerprint density at radius 2 is 2.05 bits per heavy atom. The maximum absolute atomic E-state index is 12.9. The summed E-state index contributed by atoms with van der Waals surface area (Å²) in [6.07, 6.45) is 3.02. The Labute approximate surface area is 117 Å². The molecule has 5 heteroatoms. The molecule has 20 heavy (non-hydrogen) atoms. The maximum Gasteiger partial charge on any atom is 0.277 e. The summed E-state index contributed by atoms with van der Waals surface area (Å²) >= 11 is 0. The van der Waals surface area contributed by atoms with Crippen LogP contribution in [0.3, 0.4) is 0 Å². The van der Waals surface area contributed by atoms with E-state index < -0.39 is 19.0 Å². The van der Waals surface area contributed by atoms with Crippen molar-refractivity contribution in [2.45, 2.75) is 31.6 Å². The third-order valence-corrected chi connectivity index (χ3v) is 3.77. The highest BCUT2D eigenvalue weighted by Gasteiger charge is 2.28. The molecule has 1 aromatic carbocycles. The summed E-state index contributed by atoms with van der Waals surface area (Å²) < 4.78 is 25.9. The molecule has 3 N–H and O–H groups in total. The summed E-state index contributed by atoms with van der Waals surface area (Å²) in [5.41, 5.74) is 7.53. The predicted molar refractivity (Wildman–Crippen MR) is 73.6 cm³/mol. The van der Waals surface area contributed by atoms with Gasteiger partial charge in [0.1, 0.15) is 0 Å². The molecule has 1 aliphatic carbocycles. The molecular weight excluding hydrogens is 262 g/mol. The standard InChI is InChI=1S/C15H20F2N2O/c16-15(17,9-18)10-19-14(20)8-11-5-6-12-3-1-2-4-13(12)7-11/h1-4,11H,5-10,18H2,(H,19,20). The van der Waals surface area contributed by atoms with Crippen LogP contribution in [0.15, 0.2) is 24.3 Å². The number of hydrogen-bond donors (Lipinski definition) is 2. The van der Waals surface area contributed by atoms with E-state index in [0.29, 0.717) is 6.42 Å². The molecule has 1 amide bonds. The number of aryl methyl sites for hydroxylation is 1. The van der Waals surface area contributed by atoms with Crippen LogP contribution >= 0.6 is 0 Å². The summed E-state index contributed by atoms with van der Waals surface area (Å²) in [7, 11) is 0. The molecule has 0 bridgehead atoms.